The lowest BCUT2D eigenvalue weighted by molar-refractivity contribution is -0.126. The zero-order chi connectivity index (χ0) is 15.2. The first-order valence-electron chi connectivity index (χ1n) is 6.78. The van der Waals surface area contributed by atoms with Crippen LogP contribution in [0.1, 0.15) is 12.0 Å². The van der Waals surface area contributed by atoms with Crippen molar-refractivity contribution in [2.24, 2.45) is 17.4 Å². The normalized spacial score (nSPS) is 11.8. The smallest absolute Gasteiger partial charge is 0.221 e. The van der Waals surface area contributed by atoms with Crippen molar-refractivity contribution >= 4 is 11.8 Å². The summed E-state index contributed by atoms with van der Waals surface area (Å²) >= 11 is 0. The Kier molecular flexibility index (Phi) is 4.72. The summed E-state index contributed by atoms with van der Waals surface area (Å²) < 4.78 is 0. The van der Waals surface area contributed by atoms with Gasteiger partial charge in [-0.3, -0.25) is 9.59 Å². The van der Waals surface area contributed by atoms with Crippen LogP contribution < -0.4 is 11.5 Å². The molecule has 1 atom stereocenters. The van der Waals surface area contributed by atoms with Crippen molar-refractivity contribution in [3.63, 3.8) is 0 Å². The molecule has 0 saturated heterocycles. The molecule has 0 fully saturated rings. The van der Waals surface area contributed by atoms with Gasteiger partial charge in [0, 0.05) is 6.42 Å². The number of hydrogen-bond donors (Lipinski definition) is 2. The highest BCUT2D eigenvalue weighted by Gasteiger charge is 2.18. The largest absolute Gasteiger partial charge is 0.370 e. The number of benzene rings is 2. The first kappa shape index (κ1) is 14.8. The molecule has 0 spiro atoms. The molecule has 0 aromatic heterocycles. The van der Waals surface area contributed by atoms with Gasteiger partial charge in [-0.15, -0.1) is 0 Å². The molecular weight excluding hydrogens is 264 g/mol. The zero-order valence-corrected chi connectivity index (χ0v) is 11.7. The third kappa shape index (κ3) is 4.18. The second kappa shape index (κ2) is 6.70. The Morgan fingerprint density at radius 3 is 2.19 bits per heavy atom. The monoisotopic (exact) mass is 282 g/mol. The molecule has 2 aromatic rings. The van der Waals surface area contributed by atoms with Gasteiger partial charge in [0.1, 0.15) is 0 Å². The van der Waals surface area contributed by atoms with E-state index in [-0.39, 0.29) is 6.42 Å². The highest BCUT2D eigenvalue weighted by molar-refractivity contribution is 5.84. The van der Waals surface area contributed by atoms with Crippen molar-refractivity contribution in [2.75, 3.05) is 0 Å². The molecule has 4 N–H and O–H groups in total. The molecule has 2 amide bonds. The summed E-state index contributed by atoms with van der Waals surface area (Å²) in [6.45, 7) is 0. The molecule has 4 nitrogen and oxygen atoms in total. The number of carbonyl (C=O) groups is 2. The van der Waals surface area contributed by atoms with E-state index < -0.39 is 17.7 Å². The number of nitrogens with two attached hydrogens (primary N) is 2. The average Bonchev–Trinajstić information content (AvgIpc) is 2.47. The van der Waals surface area contributed by atoms with E-state index in [2.05, 4.69) is 0 Å². The lowest BCUT2D eigenvalue weighted by Crippen LogP contribution is -2.29. The second-order valence-corrected chi connectivity index (χ2v) is 5.04. The number of rotatable bonds is 6. The number of carbonyl (C=O) groups excluding carboxylic acids is 2. The molecule has 2 aromatic carbocycles. The average molecular weight is 282 g/mol. The van der Waals surface area contributed by atoms with Crippen molar-refractivity contribution in [2.45, 2.75) is 12.8 Å². The fourth-order valence-corrected chi connectivity index (χ4v) is 2.31. The van der Waals surface area contributed by atoms with Crippen molar-refractivity contribution in [1.29, 1.82) is 0 Å². The molecular formula is C17H18N2O2. The SMILES string of the molecule is NC(=O)C[C@@H](Cc1cccc(-c2ccccc2)c1)C(N)=O. The summed E-state index contributed by atoms with van der Waals surface area (Å²) in [6.07, 6.45) is 0.393. The number of amides is 2. The van der Waals surface area contributed by atoms with E-state index >= 15 is 0 Å². The van der Waals surface area contributed by atoms with Gasteiger partial charge in [-0.2, -0.15) is 0 Å². The third-order valence-corrected chi connectivity index (χ3v) is 3.37. The van der Waals surface area contributed by atoms with Crippen LogP contribution in [0.2, 0.25) is 0 Å². The Labute approximate surface area is 123 Å². The maximum Gasteiger partial charge on any atom is 0.221 e. The fourth-order valence-electron chi connectivity index (χ4n) is 2.31. The lowest BCUT2D eigenvalue weighted by atomic mass is 9.93. The minimum Gasteiger partial charge on any atom is -0.370 e. The molecule has 0 aliphatic heterocycles. The minimum absolute atomic E-state index is 0.0229. The fraction of sp³-hybridized carbons (Fsp3) is 0.176. The maximum absolute atomic E-state index is 11.4. The Hall–Kier alpha value is -2.62. The van der Waals surface area contributed by atoms with Crippen LogP contribution in [0.5, 0.6) is 0 Å². The van der Waals surface area contributed by atoms with Crippen molar-refractivity contribution < 1.29 is 9.59 Å². The van der Waals surface area contributed by atoms with Crippen LogP contribution in [0, 0.1) is 5.92 Å². The van der Waals surface area contributed by atoms with Gasteiger partial charge in [-0.1, -0.05) is 54.6 Å². The Bertz CT molecular complexity index is 638. The molecule has 21 heavy (non-hydrogen) atoms. The minimum atomic E-state index is -0.562. The van der Waals surface area contributed by atoms with Gasteiger partial charge in [-0.05, 0) is 23.1 Å². The molecule has 0 saturated carbocycles. The predicted octanol–water partition coefficient (Wildman–Crippen LogP) is 1.87. The van der Waals surface area contributed by atoms with Crippen LogP contribution in [-0.2, 0) is 16.0 Å². The molecule has 108 valence electrons. The zero-order valence-electron chi connectivity index (χ0n) is 11.7. The quantitative estimate of drug-likeness (QED) is 0.847. The number of primary amides is 2. The van der Waals surface area contributed by atoms with Gasteiger partial charge in [0.25, 0.3) is 0 Å². The van der Waals surface area contributed by atoms with Crippen LogP contribution in [0.15, 0.2) is 54.6 Å². The molecule has 0 aliphatic carbocycles. The van der Waals surface area contributed by atoms with E-state index in [1.54, 1.807) is 0 Å². The summed E-state index contributed by atoms with van der Waals surface area (Å²) in [5.74, 6) is -1.58. The van der Waals surface area contributed by atoms with E-state index in [1.807, 2.05) is 54.6 Å². The van der Waals surface area contributed by atoms with E-state index in [1.165, 1.54) is 0 Å². The van der Waals surface area contributed by atoms with Crippen LogP contribution in [0.4, 0.5) is 0 Å². The van der Waals surface area contributed by atoms with Gasteiger partial charge >= 0.3 is 0 Å². The van der Waals surface area contributed by atoms with Crippen molar-refractivity contribution in [3.8, 4) is 11.1 Å². The predicted molar refractivity (Wildman–Crippen MR) is 82.1 cm³/mol. The summed E-state index contributed by atoms with van der Waals surface area (Å²) in [7, 11) is 0. The van der Waals surface area contributed by atoms with Gasteiger partial charge in [0.2, 0.25) is 11.8 Å². The van der Waals surface area contributed by atoms with Crippen LogP contribution in [0.3, 0.4) is 0 Å². The Morgan fingerprint density at radius 1 is 0.905 bits per heavy atom. The van der Waals surface area contributed by atoms with E-state index in [0.717, 1.165) is 16.7 Å². The molecule has 0 aliphatic rings. The van der Waals surface area contributed by atoms with Crippen molar-refractivity contribution in [3.05, 3.63) is 60.2 Å². The topological polar surface area (TPSA) is 86.2 Å². The molecule has 0 unspecified atom stereocenters. The van der Waals surface area contributed by atoms with Crippen LogP contribution in [0.25, 0.3) is 11.1 Å². The number of hydrogen-bond acceptors (Lipinski definition) is 2. The molecule has 2 rings (SSSR count). The summed E-state index contributed by atoms with van der Waals surface area (Å²) in [5.41, 5.74) is 13.6. The second-order valence-electron chi connectivity index (χ2n) is 5.04. The Morgan fingerprint density at radius 2 is 1.57 bits per heavy atom. The molecule has 4 heteroatoms. The molecule has 0 radical (unpaired) electrons. The van der Waals surface area contributed by atoms with Crippen LogP contribution >= 0.6 is 0 Å². The highest BCUT2D eigenvalue weighted by Crippen LogP contribution is 2.22. The first-order valence-corrected chi connectivity index (χ1v) is 6.78. The summed E-state index contributed by atoms with van der Waals surface area (Å²) in [4.78, 5) is 22.4. The first-order chi connectivity index (χ1) is 10.1. The van der Waals surface area contributed by atoms with E-state index in [0.29, 0.717) is 6.42 Å². The van der Waals surface area contributed by atoms with Crippen LogP contribution in [-0.4, -0.2) is 11.8 Å². The van der Waals surface area contributed by atoms with E-state index in [9.17, 15) is 9.59 Å². The van der Waals surface area contributed by atoms with Gasteiger partial charge < -0.3 is 11.5 Å². The standard InChI is InChI=1S/C17H18N2O2/c18-16(20)11-15(17(19)21)10-12-5-4-8-14(9-12)13-6-2-1-3-7-13/h1-9,15H,10-11H2,(H2,18,20)(H2,19,21)/t15-/m1/s1. The van der Waals surface area contributed by atoms with Gasteiger partial charge in [0.15, 0.2) is 0 Å². The summed E-state index contributed by atoms with van der Waals surface area (Å²) in [5, 5.41) is 0. The van der Waals surface area contributed by atoms with E-state index in [4.69, 9.17) is 11.5 Å². The van der Waals surface area contributed by atoms with Gasteiger partial charge in [-0.25, -0.2) is 0 Å². The maximum atomic E-state index is 11.4. The third-order valence-electron chi connectivity index (χ3n) is 3.37. The highest BCUT2D eigenvalue weighted by atomic mass is 16.2. The lowest BCUT2D eigenvalue weighted by Gasteiger charge is -2.12. The molecule has 0 heterocycles. The van der Waals surface area contributed by atoms with Gasteiger partial charge in [0.05, 0.1) is 5.92 Å². The Balaban J connectivity index is 2.21. The molecule has 0 bridgehead atoms. The summed E-state index contributed by atoms with van der Waals surface area (Å²) in [6, 6.07) is 17.8. The van der Waals surface area contributed by atoms with Crippen molar-refractivity contribution in [1.82, 2.24) is 0 Å².